The number of hydrogen-bond acceptors (Lipinski definition) is 2. The van der Waals surface area contributed by atoms with Gasteiger partial charge in [-0.2, -0.15) is 0 Å². The lowest BCUT2D eigenvalue weighted by Gasteiger charge is -2.37. The lowest BCUT2D eigenvalue weighted by atomic mass is 9.69. The van der Waals surface area contributed by atoms with Gasteiger partial charge in [0, 0.05) is 6.42 Å². The van der Waals surface area contributed by atoms with Crippen molar-refractivity contribution in [2.75, 3.05) is 0 Å². The molecule has 2 aliphatic carbocycles. The van der Waals surface area contributed by atoms with E-state index in [1.807, 2.05) is 0 Å². The van der Waals surface area contributed by atoms with Crippen LogP contribution in [0.4, 0.5) is 8.78 Å². The van der Waals surface area contributed by atoms with Crippen molar-refractivity contribution in [3.05, 3.63) is 48.1 Å². The molecule has 1 aromatic carbocycles. The van der Waals surface area contributed by atoms with Gasteiger partial charge < -0.3 is 4.74 Å². The van der Waals surface area contributed by atoms with E-state index < -0.39 is 11.6 Å². The van der Waals surface area contributed by atoms with E-state index in [0.717, 1.165) is 56.9 Å². The van der Waals surface area contributed by atoms with E-state index in [-0.39, 0.29) is 12.1 Å². The van der Waals surface area contributed by atoms with E-state index in [4.69, 9.17) is 4.74 Å². The predicted molar refractivity (Wildman–Crippen MR) is 102 cm³/mol. The van der Waals surface area contributed by atoms with Gasteiger partial charge in [-0.3, -0.25) is 4.79 Å². The van der Waals surface area contributed by atoms with Crippen molar-refractivity contribution >= 4 is 5.97 Å². The van der Waals surface area contributed by atoms with Crippen LogP contribution in [-0.4, -0.2) is 12.1 Å². The molecule has 0 N–H and O–H groups in total. The Labute approximate surface area is 161 Å². The molecular formula is C23H30F2O2. The van der Waals surface area contributed by atoms with Gasteiger partial charge in [-0.1, -0.05) is 12.1 Å². The molecule has 1 aromatic rings. The second-order valence-electron chi connectivity index (χ2n) is 8.14. The SMILES string of the molecule is C=CCCC(=O)OC1CCC([C@H]2CC[C@H](c3ccc(F)c(F)c3)CC2)CC1. The van der Waals surface area contributed by atoms with Gasteiger partial charge in [-0.05, 0) is 93.2 Å². The van der Waals surface area contributed by atoms with Crippen LogP contribution in [0, 0.1) is 23.5 Å². The minimum Gasteiger partial charge on any atom is -0.462 e. The molecule has 3 rings (SSSR count). The summed E-state index contributed by atoms with van der Waals surface area (Å²) in [5, 5.41) is 0. The third kappa shape index (κ3) is 5.40. The average molecular weight is 376 g/mol. The third-order valence-electron chi connectivity index (χ3n) is 6.42. The molecule has 27 heavy (non-hydrogen) atoms. The van der Waals surface area contributed by atoms with E-state index in [1.165, 1.54) is 12.1 Å². The molecule has 148 valence electrons. The summed E-state index contributed by atoms with van der Waals surface area (Å²) in [5.41, 5.74) is 0.933. The quantitative estimate of drug-likeness (QED) is 0.430. The number of carbonyl (C=O) groups excluding carboxylic acids is 1. The monoisotopic (exact) mass is 376 g/mol. The van der Waals surface area contributed by atoms with Crippen molar-refractivity contribution in [1.82, 2.24) is 0 Å². The van der Waals surface area contributed by atoms with Crippen LogP contribution >= 0.6 is 0 Å². The summed E-state index contributed by atoms with van der Waals surface area (Å²) in [7, 11) is 0. The summed E-state index contributed by atoms with van der Waals surface area (Å²) in [4.78, 5) is 11.7. The highest BCUT2D eigenvalue weighted by Crippen LogP contribution is 2.43. The Morgan fingerprint density at radius 3 is 2.22 bits per heavy atom. The first-order valence-corrected chi connectivity index (χ1v) is 10.3. The molecule has 0 bridgehead atoms. The maximum Gasteiger partial charge on any atom is 0.306 e. The van der Waals surface area contributed by atoms with Crippen LogP contribution in [0.25, 0.3) is 0 Å². The maximum absolute atomic E-state index is 13.5. The number of halogens is 2. The normalized spacial score (nSPS) is 28.5. The Bertz CT molecular complexity index is 642. The van der Waals surface area contributed by atoms with Crippen molar-refractivity contribution < 1.29 is 18.3 Å². The molecule has 0 saturated heterocycles. The van der Waals surface area contributed by atoms with Crippen LogP contribution in [0.3, 0.4) is 0 Å². The molecule has 2 aliphatic rings. The Hall–Kier alpha value is -1.71. The molecule has 0 amide bonds. The van der Waals surface area contributed by atoms with Crippen molar-refractivity contribution in [2.45, 2.75) is 76.2 Å². The van der Waals surface area contributed by atoms with E-state index in [9.17, 15) is 13.6 Å². The summed E-state index contributed by atoms with van der Waals surface area (Å²) < 4.78 is 32.2. The molecule has 2 saturated carbocycles. The summed E-state index contributed by atoms with van der Waals surface area (Å²) >= 11 is 0. The number of hydrogen-bond donors (Lipinski definition) is 0. The van der Waals surface area contributed by atoms with Crippen LogP contribution in [0.15, 0.2) is 30.9 Å². The summed E-state index contributed by atoms with van der Waals surface area (Å²) in [5.74, 6) is 0.150. The minimum absolute atomic E-state index is 0.0806. The maximum atomic E-state index is 13.5. The first kappa shape index (κ1) is 20.0. The lowest BCUT2D eigenvalue weighted by Crippen LogP contribution is -2.29. The lowest BCUT2D eigenvalue weighted by molar-refractivity contribution is -0.151. The van der Waals surface area contributed by atoms with Crippen LogP contribution in [0.1, 0.15) is 75.7 Å². The van der Waals surface area contributed by atoms with Gasteiger partial charge in [0.1, 0.15) is 6.10 Å². The van der Waals surface area contributed by atoms with Crippen molar-refractivity contribution in [2.24, 2.45) is 11.8 Å². The Morgan fingerprint density at radius 2 is 1.63 bits per heavy atom. The van der Waals surface area contributed by atoms with Gasteiger partial charge in [0.2, 0.25) is 0 Å². The number of esters is 1. The second-order valence-corrected chi connectivity index (χ2v) is 8.14. The molecule has 2 fully saturated rings. The average Bonchev–Trinajstić information content (AvgIpc) is 2.69. The van der Waals surface area contributed by atoms with E-state index >= 15 is 0 Å². The van der Waals surface area contributed by atoms with Crippen molar-refractivity contribution in [1.29, 1.82) is 0 Å². The summed E-state index contributed by atoms with van der Waals surface area (Å²) in [6, 6.07) is 4.34. The fourth-order valence-electron chi connectivity index (χ4n) is 4.83. The largest absolute Gasteiger partial charge is 0.462 e. The predicted octanol–water partition coefficient (Wildman–Crippen LogP) is 6.31. The van der Waals surface area contributed by atoms with Crippen LogP contribution in [0.2, 0.25) is 0 Å². The smallest absolute Gasteiger partial charge is 0.306 e. The Morgan fingerprint density at radius 1 is 1.00 bits per heavy atom. The van der Waals surface area contributed by atoms with Gasteiger partial charge in [-0.25, -0.2) is 8.78 Å². The zero-order valence-corrected chi connectivity index (χ0v) is 16.0. The van der Waals surface area contributed by atoms with Gasteiger partial charge in [0.25, 0.3) is 0 Å². The highest BCUT2D eigenvalue weighted by Gasteiger charge is 2.32. The molecule has 0 aromatic heterocycles. The molecular weight excluding hydrogens is 346 g/mol. The topological polar surface area (TPSA) is 26.3 Å². The molecule has 0 spiro atoms. The van der Waals surface area contributed by atoms with E-state index in [0.29, 0.717) is 30.6 Å². The molecule has 0 unspecified atom stereocenters. The van der Waals surface area contributed by atoms with Crippen LogP contribution in [0.5, 0.6) is 0 Å². The fraction of sp³-hybridized carbons (Fsp3) is 0.609. The van der Waals surface area contributed by atoms with E-state index in [2.05, 4.69) is 6.58 Å². The Kier molecular flexibility index (Phi) is 7.03. The zero-order valence-electron chi connectivity index (χ0n) is 16.0. The van der Waals surface area contributed by atoms with Crippen LogP contribution in [-0.2, 0) is 9.53 Å². The van der Waals surface area contributed by atoms with Crippen LogP contribution < -0.4 is 0 Å². The van der Waals surface area contributed by atoms with Gasteiger partial charge in [0.15, 0.2) is 11.6 Å². The highest BCUT2D eigenvalue weighted by atomic mass is 19.2. The second kappa shape index (κ2) is 9.48. The van der Waals surface area contributed by atoms with Crippen molar-refractivity contribution in [3.8, 4) is 0 Å². The molecule has 0 heterocycles. The minimum atomic E-state index is -0.769. The molecule has 0 aliphatic heterocycles. The molecule has 0 radical (unpaired) electrons. The first-order valence-electron chi connectivity index (χ1n) is 10.3. The van der Waals surface area contributed by atoms with Gasteiger partial charge >= 0.3 is 5.97 Å². The van der Waals surface area contributed by atoms with Crippen molar-refractivity contribution in [3.63, 3.8) is 0 Å². The fourth-order valence-corrected chi connectivity index (χ4v) is 4.83. The zero-order chi connectivity index (χ0) is 19.2. The van der Waals surface area contributed by atoms with Gasteiger partial charge in [0.05, 0.1) is 0 Å². The molecule has 0 atom stereocenters. The number of allylic oxidation sites excluding steroid dienone is 1. The summed E-state index contributed by atoms with van der Waals surface area (Å²) in [6.07, 6.45) is 11.5. The van der Waals surface area contributed by atoms with E-state index in [1.54, 1.807) is 12.1 Å². The standard InChI is InChI=1S/C23H30F2O2/c1-2-3-4-23(26)27-20-12-9-17(10-13-20)16-5-7-18(8-6-16)19-11-14-21(24)22(25)15-19/h2,11,14-18,20H,1,3-10,12-13H2/t16-,17?,18-,20?. The first-order chi connectivity index (χ1) is 13.1. The number of ether oxygens (including phenoxy) is 1. The summed E-state index contributed by atoms with van der Waals surface area (Å²) in [6.45, 7) is 3.63. The number of rotatable bonds is 6. The molecule has 2 nitrogen and oxygen atoms in total. The number of carbonyl (C=O) groups is 1. The third-order valence-corrected chi connectivity index (χ3v) is 6.42. The molecule has 4 heteroatoms. The Balaban J connectivity index is 1.42. The highest BCUT2D eigenvalue weighted by molar-refractivity contribution is 5.69. The number of benzene rings is 1. The van der Waals surface area contributed by atoms with Gasteiger partial charge in [-0.15, -0.1) is 6.58 Å².